The molecule has 3 nitrogen and oxygen atoms in total. The first-order valence-electron chi connectivity index (χ1n) is 7.03. The standard InChI is InChI=1S/C14H23N3/c1-2-6-16(7-3-1)8-4-13-10-14-11-15-5-9-17(14)12-13/h10,12,15H,1-9,11H2. The van der Waals surface area contributed by atoms with Gasteiger partial charge < -0.3 is 14.8 Å². The second kappa shape index (κ2) is 5.23. The molecule has 2 aliphatic rings. The van der Waals surface area contributed by atoms with Crippen LogP contribution in [0.5, 0.6) is 0 Å². The zero-order valence-electron chi connectivity index (χ0n) is 10.6. The number of fused-ring (bicyclic) bond motifs is 1. The molecule has 0 spiro atoms. The molecule has 0 aromatic carbocycles. The van der Waals surface area contributed by atoms with Gasteiger partial charge in [-0.1, -0.05) is 6.42 Å². The van der Waals surface area contributed by atoms with Crippen LogP contribution >= 0.6 is 0 Å². The number of hydrogen-bond donors (Lipinski definition) is 1. The summed E-state index contributed by atoms with van der Waals surface area (Å²) in [4.78, 5) is 2.62. The first-order valence-corrected chi connectivity index (χ1v) is 7.03. The highest BCUT2D eigenvalue weighted by Crippen LogP contribution is 2.14. The van der Waals surface area contributed by atoms with Crippen molar-refractivity contribution in [1.29, 1.82) is 0 Å². The van der Waals surface area contributed by atoms with Crippen LogP contribution in [0.4, 0.5) is 0 Å². The Morgan fingerprint density at radius 2 is 2.00 bits per heavy atom. The summed E-state index contributed by atoms with van der Waals surface area (Å²) >= 11 is 0. The fraction of sp³-hybridized carbons (Fsp3) is 0.714. The molecule has 1 saturated heterocycles. The molecule has 17 heavy (non-hydrogen) atoms. The van der Waals surface area contributed by atoms with E-state index in [0.717, 1.165) is 19.6 Å². The molecule has 0 amide bonds. The van der Waals surface area contributed by atoms with Crippen molar-refractivity contribution in [3.8, 4) is 0 Å². The summed E-state index contributed by atoms with van der Waals surface area (Å²) in [5.41, 5.74) is 2.99. The molecule has 0 aliphatic carbocycles. The van der Waals surface area contributed by atoms with Crippen LogP contribution in [0.3, 0.4) is 0 Å². The highest BCUT2D eigenvalue weighted by atomic mass is 15.1. The molecular formula is C14H23N3. The lowest BCUT2D eigenvalue weighted by atomic mass is 10.1. The summed E-state index contributed by atoms with van der Waals surface area (Å²) in [6, 6.07) is 2.39. The van der Waals surface area contributed by atoms with Gasteiger partial charge in [0.05, 0.1) is 0 Å². The summed E-state index contributed by atoms with van der Waals surface area (Å²) in [6.45, 7) is 7.18. The molecular weight excluding hydrogens is 210 g/mol. The second-order valence-electron chi connectivity index (χ2n) is 5.36. The molecule has 3 heterocycles. The van der Waals surface area contributed by atoms with E-state index in [9.17, 15) is 0 Å². The highest BCUT2D eigenvalue weighted by molar-refractivity contribution is 5.20. The van der Waals surface area contributed by atoms with Gasteiger partial charge in [-0.05, 0) is 44.0 Å². The molecule has 0 bridgehead atoms. The summed E-state index contributed by atoms with van der Waals surface area (Å²) in [7, 11) is 0. The van der Waals surface area contributed by atoms with Crippen LogP contribution in [0.25, 0.3) is 0 Å². The Hall–Kier alpha value is -0.800. The molecule has 2 aliphatic heterocycles. The van der Waals surface area contributed by atoms with Crippen LogP contribution in [0, 0.1) is 0 Å². The number of nitrogens with zero attached hydrogens (tertiary/aromatic N) is 2. The fourth-order valence-electron chi connectivity index (χ4n) is 3.00. The third-order valence-electron chi connectivity index (χ3n) is 4.04. The number of rotatable bonds is 3. The van der Waals surface area contributed by atoms with Gasteiger partial charge in [0.15, 0.2) is 0 Å². The molecule has 0 saturated carbocycles. The maximum atomic E-state index is 3.43. The molecule has 0 radical (unpaired) electrons. The van der Waals surface area contributed by atoms with Crippen molar-refractivity contribution in [3.05, 3.63) is 23.5 Å². The van der Waals surface area contributed by atoms with Crippen LogP contribution in [0.15, 0.2) is 12.3 Å². The van der Waals surface area contributed by atoms with Crippen molar-refractivity contribution < 1.29 is 0 Å². The highest BCUT2D eigenvalue weighted by Gasteiger charge is 2.12. The molecule has 1 aromatic rings. The smallest absolute Gasteiger partial charge is 0.0360 e. The molecule has 1 aromatic heterocycles. The Morgan fingerprint density at radius 1 is 1.12 bits per heavy atom. The summed E-state index contributed by atoms with van der Waals surface area (Å²) in [5.74, 6) is 0. The molecule has 0 atom stereocenters. The zero-order valence-corrected chi connectivity index (χ0v) is 10.6. The van der Waals surface area contributed by atoms with Gasteiger partial charge >= 0.3 is 0 Å². The number of piperidine rings is 1. The van der Waals surface area contributed by atoms with E-state index in [-0.39, 0.29) is 0 Å². The summed E-state index contributed by atoms with van der Waals surface area (Å²) < 4.78 is 2.42. The van der Waals surface area contributed by atoms with Crippen molar-refractivity contribution in [1.82, 2.24) is 14.8 Å². The van der Waals surface area contributed by atoms with Crippen LogP contribution < -0.4 is 5.32 Å². The monoisotopic (exact) mass is 233 g/mol. The molecule has 94 valence electrons. The van der Waals surface area contributed by atoms with Crippen molar-refractivity contribution >= 4 is 0 Å². The minimum atomic E-state index is 1.05. The van der Waals surface area contributed by atoms with Gasteiger partial charge in [0.25, 0.3) is 0 Å². The molecule has 3 rings (SSSR count). The minimum absolute atomic E-state index is 1.05. The number of likely N-dealkylation sites (tertiary alicyclic amines) is 1. The predicted octanol–water partition coefficient (Wildman–Crippen LogP) is 1.62. The third-order valence-corrected chi connectivity index (χ3v) is 4.04. The van der Waals surface area contributed by atoms with E-state index < -0.39 is 0 Å². The Morgan fingerprint density at radius 3 is 2.82 bits per heavy atom. The summed E-state index contributed by atoms with van der Waals surface area (Å²) in [5, 5.41) is 3.43. The topological polar surface area (TPSA) is 20.2 Å². The molecule has 0 unspecified atom stereocenters. The number of aromatic nitrogens is 1. The Balaban J connectivity index is 1.55. The first kappa shape index (κ1) is 11.3. The average molecular weight is 233 g/mol. The lowest BCUT2D eigenvalue weighted by Crippen LogP contribution is -2.31. The third kappa shape index (κ3) is 2.72. The van der Waals surface area contributed by atoms with Crippen molar-refractivity contribution in [3.63, 3.8) is 0 Å². The van der Waals surface area contributed by atoms with Crippen LogP contribution in [-0.4, -0.2) is 35.6 Å². The first-order chi connectivity index (χ1) is 8.42. The van der Waals surface area contributed by atoms with Crippen molar-refractivity contribution in [2.24, 2.45) is 0 Å². The fourth-order valence-corrected chi connectivity index (χ4v) is 3.00. The van der Waals surface area contributed by atoms with E-state index in [2.05, 4.69) is 27.0 Å². The van der Waals surface area contributed by atoms with E-state index in [1.54, 1.807) is 0 Å². The Labute approximate surface area is 104 Å². The van der Waals surface area contributed by atoms with E-state index in [1.807, 2.05) is 0 Å². The number of nitrogens with one attached hydrogen (secondary N) is 1. The van der Waals surface area contributed by atoms with Crippen LogP contribution in [-0.2, 0) is 19.5 Å². The van der Waals surface area contributed by atoms with Gasteiger partial charge in [-0.15, -0.1) is 0 Å². The van der Waals surface area contributed by atoms with E-state index in [0.29, 0.717) is 0 Å². The molecule has 1 fully saturated rings. The van der Waals surface area contributed by atoms with Gasteiger partial charge in [-0.3, -0.25) is 0 Å². The quantitative estimate of drug-likeness (QED) is 0.856. The lowest BCUT2D eigenvalue weighted by molar-refractivity contribution is 0.231. The van der Waals surface area contributed by atoms with E-state index in [1.165, 1.54) is 56.6 Å². The van der Waals surface area contributed by atoms with E-state index >= 15 is 0 Å². The average Bonchev–Trinajstić information content (AvgIpc) is 2.80. The molecule has 1 N–H and O–H groups in total. The lowest BCUT2D eigenvalue weighted by Gasteiger charge is -2.26. The van der Waals surface area contributed by atoms with Crippen molar-refractivity contribution in [2.75, 3.05) is 26.2 Å². The maximum absolute atomic E-state index is 3.43. The SMILES string of the molecule is c1c(CCN2CCCCC2)cn2c1CNCC2. The van der Waals surface area contributed by atoms with Crippen LogP contribution in [0.1, 0.15) is 30.5 Å². The summed E-state index contributed by atoms with van der Waals surface area (Å²) in [6.07, 6.45) is 7.81. The minimum Gasteiger partial charge on any atom is -0.349 e. The van der Waals surface area contributed by atoms with E-state index in [4.69, 9.17) is 0 Å². The number of hydrogen-bond acceptors (Lipinski definition) is 2. The predicted molar refractivity (Wildman–Crippen MR) is 70.1 cm³/mol. The zero-order chi connectivity index (χ0) is 11.5. The van der Waals surface area contributed by atoms with Crippen molar-refractivity contribution in [2.45, 2.75) is 38.8 Å². The van der Waals surface area contributed by atoms with Gasteiger partial charge in [0.2, 0.25) is 0 Å². The maximum Gasteiger partial charge on any atom is 0.0360 e. The molecule has 3 heteroatoms. The van der Waals surface area contributed by atoms with Gasteiger partial charge in [-0.2, -0.15) is 0 Å². The van der Waals surface area contributed by atoms with Gasteiger partial charge in [-0.25, -0.2) is 0 Å². The largest absolute Gasteiger partial charge is 0.349 e. The van der Waals surface area contributed by atoms with Crippen LogP contribution in [0.2, 0.25) is 0 Å². The van der Waals surface area contributed by atoms with Gasteiger partial charge in [0.1, 0.15) is 0 Å². The Bertz CT molecular complexity index is 340. The van der Waals surface area contributed by atoms with Gasteiger partial charge in [0, 0.05) is 38.1 Å². The second-order valence-corrected chi connectivity index (χ2v) is 5.36. The Kier molecular flexibility index (Phi) is 3.48. The normalized spacial score (nSPS) is 21.4.